The monoisotopic (exact) mass is 296 g/mol. The number of halogens is 3. The lowest BCUT2D eigenvalue weighted by molar-refractivity contribution is -0.141. The third kappa shape index (κ3) is 3.91. The van der Waals surface area contributed by atoms with Crippen LogP contribution in [0.3, 0.4) is 0 Å². The first-order valence-electron chi connectivity index (χ1n) is 5.89. The number of hydrogen-bond donors (Lipinski definition) is 2. The molecule has 0 bridgehead atoms. The lowest BCUT2D eigenvalue weighted by Gasteiger charge is -2.08. The van der Waals surface area contributed by atoms with Gasteiger partial charge in [-0.2, -0.15) is 13.2 Å². The largest absolute Gasteiger partial charge is 0.433 e. The number of nitrogens with two attached hydrogens (primary N) is 1. The topological polar surface area (TPSA) is 80.9 Å². The van der Waals surface area contributed by atoms with Crippen molar-refractivity contribution in [2.75, 3.05) is 5.32 Å². The summed E-state index contributed by atoms with van der Waals surface area (Å²) in [5.74, 6) is -0.667. The number of primary amides is 1. The molecule has 0 aliphatic rings. The molecular formula is C13H11F3N4O. The average molecular weight is 296 g/mol. The highest BCUT2D eigenvalue weighted by Crippen LogP contribution is 2.27. The number of carbonyl (C=O) groups is 1. The van der Waals surface area contributed by atoms with Gasteiger partial charge in [0.15, 0.2) is 0 Å². The van der Waals surface area contributed by atoms with E-state index in [1.165, 1.54) is 12.1 Å². The normalized spacial score (nSPS) is 11.2. The SMILES string of the molecule is NC(=O)c1ccc(CNc2nccc(C(F)(F)F)n2)cc1. The molecule has 0 fully saturated rings. The molecule has 1 amide bonds. The first kappa shape index (κ1) is 14.8. The first-order chi connectivity index (χ1) is 9.86. The Bertz CT molecular complexity index is 641. The zero-order chi connectivity index (χ0) is 15.5. The number of carbonyl (C=O) groups excluding carboxylic acids is 1. The fourth-order valence-corrected chi connectivity index (χ4v) is 1.57. The minimum atomic E-state index is -4.51. The van der Waals surface area contributed by atoms with Gasteiger partial charge in [-0.1, -0.05) is 12.1 Å². The van der Waals surface area contributed by atoms with E-state index in [4.69, 9.17) is 5.73 Å². The van der Waals surface area contributed by atoms with Crippen LogP contribution < -0.4 is 11.1 Å². The molecular weight excluding hydrogens is 285 g/mol. The van der Waals surface area contributed by atoms with Crippen LogP contribution in [0.4, 0.5) is 19.1 Å². The summed E-state index contributed by atoms with van der Waals surface area (Å²) in [6, 6.07) is 7.15. The molecule has 0 aliphatic carbocycles. The smallest absolute Gasteiger partial charge is 0.366 e. The quantitative estimate of drug-likeness (QED) is 0.906. The number of amides is 1. The predicted molar refractivity (Wildman–Crippen MR) is 69.3 cm³/mol. The molecule has 0 unspecified atom stereocenters. The number of nitrogens with zero attached hydrogens (tertiary/aromatic N) is 2. The number of nitrogens with one attached hydrogen (secondary N) is 1. The van der Waals surface area contributed by atoms with E-state index < -0.39 is 17.8 Å². The molecule has 0 aliphatic heterocycles. The molecule has 0 atom stereocenters. The number of rotatable bonds is 4. The third-order valence-corrected chi connectivity index (χ3v) is 2.64. The molecule has 8 heteroatoms. The maximum absolute atomic E-state index is 12.5. The zero-order valence-electron chi connectivity index (χ0n) is 10.7. The lowest BCUT2D eigenvalue weighted by Crippen LogP contribution is -2.12. The van der Waals surface area contributed by atoms with Gasteiger partial charge in [0.25, 0.3) is 0 Å². The van der Waals surface area contributed by atoms with Gasteiger partial charge < -0.3 is 11.1 Å². The van der Waals surface area contributed by atoms with E-state index in [2.05, 4.69) is 15.3 Å². The van der Waals surface area contributed by atoms with Crippen LogP contribution in [0.1, 0.15) is 21.6 Å². The number of hydrogen-bond acceptors (Lipinski definition) is 4. The van der Waals surface area contributed by atoms with Crippen LogP contribution in [-0.4, -0.2) is 15.9 Å². The fourth-order valence-electron chi connectivity index (χ4n) is 1.57. The van der Waals surface area contributed by atoms with Crippen molar-refractivity contribution in [2.24, 2.45) is 5.73 Å². The van der Waals surface area contributed by atoms with E-state index in [0.717, 1.165) is 17.8 Å². The van der Waals surface area contributed by atoms with Crippen LogP contribution in [-0.2, 0) is 12.7 Å². The molecule has 1 heterocycles. The Morgan fingerprint density at radius 2 is 1.86 bits per heavy atom. The Morgan fingerprint density at radius 1 is 1.19 bits per heavy atom. The summed E-state index contributed by atoms with van der Waals surface area (Å²) in [6.45, 7) is 0.223. The van der Waals surface area contributed by atoms with Gasteiger partial charge in [0.05, 0.1) is 0 Å². The maximum Gasteiger partial charge on any atom is 0.433 e. The standard InChI is InChI=1S/C13H11F3N4O/c14-13(15,16)10-5-6-18-12(20-10)19-7-8-1-3-9(4-2-8)11(17)21/h1-6H,7H2,(H2,17,21)(H,18,19,20). The second-order valence-corrected chi connectivity index (χ2v) is 4.18. The summed E-state index contributed by atoms with van der Waals surface area (Å²) in [7, 11) is 0. The van der Waals surface area contributed by atoms with Crippen LogP contribution in [0.2, 0.25) is 0 Å². The minimum Gasteiger partial charge on any atom is -0.366 e. The van der Waals surface area contributed by atoms with Crippen LogP contribution in [0.25, 0.3) is 0 Å². The zero-order valence-corrected chi connectivity index (χ0v) is 10.7. The van der Waals surface area contributed by atoms with E-state index in [1.54, 1.807) is 12.1 Å². The summed E-state index contributed by atoms with van der Waals surface area (Å²) in [6.07, 6.45) is -3.48. The fraction of sp³-hybridized carbons (Fsp3) is 0.154. The Kier molecular flexibility index (Phi) is 4.06. The first-order valence-corrected chi connectivity index (χ1v) is 5.89. The number of anilines is 1. The highest BCUT2D eigenvalue weighted by molar-refractivity contribution is 5.92. The average Bonchev–Trinajstić information content (AvgIpc) is 2.45. The van der Waals surface area contributed by atoms with Crippen LogP contribution in [0.15, 0.2) is 36.5 Å². The highest BCUT2D eigenvalue weighted by atomic mass is 19.4. The number of benzene rings is 1. The van der Waals surface area contributed by atoms with Crippen molar-refractivity contribution in [3.8, 4) is 0 Å². The summed E-state index contributed by atoms with van der Waals surface area (Å²) in [5, 5.41) is 2.68. The van der Waals surface area contributed by atoms with Crippen molar-refractivity contribution in [2.45, 2.75) is 12.7 Å². The van der Waals surface area contributed by atoms with Gasteiger partial charge in [0.1, 0.15) is 5.69 Å². The molecule has 3 N–H and O–H groups in total. The van der Waals surface area contributed by atoms with Crippen LogP contribution in [0.5, 0.6) is 0 Å². The molecule has 5 nitrogen and oxygen atoms in total. The Hall–Kier alpha value is -2.64. The number of aromatic nitrogens is 2. The maximum atomic E-state index is 12.5. The summed E-state index contributed by atoms with van der Waals surface area (Å²) < 4.78 is 37.5. The van der Waals surface area contributed by atoms with Crippen molar-refractivity contribution < 1.29 is 18.0 Å². The van der Waals surface area contributed by atoms with Crippen molar-refractivity contribution in [3.63, 3.8) is 0 Å². The van der Waals surface area contributed by atoms with Gasteiger partial charge in [-0.25, -0.2) is 9.97 Å². The van der Waals surface area contributed by atoms with E-state index in [9.17, 15) is 18.0 Å². The van der Waals surface area contributed by atoms with Gasteiger partial charge in [0, 0.05) is 18.3 Å². The minimum absolute atomic E-state index is 0.121. The van der Waals surface area contributed by atoms with Crippen molar-refractivity contribution >= 4 is 11.9 Å². The van der Waals surface area contributed by atoms with E-state index in [0.29, 0.717) is 5.56 Å². The molecule has 1 aromatic heterocycles. The van der Waals surface area contributed by atoms with Gasteiger partial charge in [0.2, 0.25) is 11.9 Å². The summed E-state index contributed by atoms with van der Waals surface area (Å²) >= 11 is 0. The van der Waals surface area contributed by atoms with Crippen LogP contribution >= 0.6 is 0 Å². The van der Waals surface area contributed by atoms with E-state index in [-0.39, 0.29) is 12.5 Å². The molecule has 21 heavy (non-hydrogen) atoms. The lowest BCUT2D eigenvalue weighted by atomic mass is 10.1. The van der Waals surface area contributed by atoms with Gasteiger partial charge in [-0.15, -0.1) is 0 Å². The molecule has 2 aromatic rings. The van der Waals surface area contributed by atoms with Gasteiger partial charge in [-0.05, 0) is 23.8 Å². The van der Waals surface area contributed by atoms with Crippen molar-refractivity contribution in [3.05, 3.63) is 53.3 Å². The Labute approximate surface area is 118 Å². The molecule has 0 saturated heterocycles. The van der Waals surface area contributed by atoms with E-state index in [1.807, 2.05) is 0 Å². The summed E-state index contributed by atoms with van der Waals surface area (Å²) in [4.78, 5) is 18.0. The van der Waals surface area contributed by atoms with Crippen molar-refractivity contribution in [1.82, 2.24) is 9.97 Å². The second-order valence-electron chi connectivity index (χ2n) is 4.18. The molecule has 0 spiro atoms. The molecule has 110 valence electrons. The van der Waals surface area contributed by atoms with Gasteiger partial charge in [-0.3, -0.25) is 4.79 Å². The third-order valence-electron chi connectivity index (χ3n) is 2.64. The van der Waals surface area contributed by atoms with Gasteiger partial charge >= 0.3 is 6.18 Å². The second kappa shape index (κ2) is 5.78. The molecule has 0 saturated carbocycles. The predicted octanol–water partition coefficient (Wildman–Crippen LogP) is 2.21. The summed E-state index contributed by atoms with van der Waals surface area (Å²) in [5.41, 5.74) is 5.20. The van der Waals surface area contributed by atoms with Crippen molar-refractivity contribution in [1.29, 1.82) is 0 Å². The molecule has 2 rings (SSSR count). The Balaban J connectivity index is 2.04. The number of alkyl halides is 3. The molecule has 1 aromatic carbocycles. The van der Waals surface area contributed by atoms with Crippen LogP contribution in [0, 0.1) is 0 Å². The molecule has 0 radical (unpaired) electrons. The van der Waals surface area contributed by atoms with E-state index >= 15 is 0 Å². The highest BCUT2D eigenvalue weighted by Gasteiger charge is 2.32. The Morgan fingerprint density at radius 3 is 2.43 bits per heavy atom.